The van der Waals surface area contributed by atoms with Gasteiger partial charge in [-0.1, -0.05) is 53.8 Å². The van der Waals surface area contributed by atoms with Gasteiger partial charge in [0.15, 0.2) is 5.01 Å². The third kappa shape index (κ3) is 4.09. The monoisotopic (exact) mass is 407 g/mol. The standard InChI is InChI=1S/C22H18FN3O2S/c1-26-13-16(11-14-7-9-17(23)10-8-14)19(27)18-22(26)29-21(25-18)20(28)24-12-15-5-3-2-4-6-15/h2-10,13H,11-12H2,1H3,(H,24,28). The molecule has 0 fully saturated rings. The molecule has 1 N–H and O–H groups in total. The van der Waals surface area contributed by atoms with Crippen LogP contribution in [0.2, 0.25) is 0 Å². The van der Waals surface area contributed by atoms with Crippen LogP contribution in [0.25, 0.3) is 10.3 Å². The fourth-order valence-corrected chi connectivity index (χ4v) is 4.02. The van der Waals surface area contributed by atoms with Gasteiger partial charge in [-0.25, -0.2) is 9.37 Å². The van der Waals surface area contributed by atoms with Crippen LogP contribution in [0, 0.1) is 5.82 Å². The number of hydrogen-bond donors (Lipinski definition) is 1. The fourth-order valence-electron chi connectivity index (χ4n) is 3.10. The highest BCUT2D eigenvalue weighted by molar-refractivity contribution is 7.19. The van der Waals surface area contributed by atoms with E-state index < -0.39 is 0 Å². The number of carbonyl (C=O) groups is 1. The molecule has 2 aromatic heterocycles. The van der Waals surface area contributed by atoms with Crippen LogP contribution in [0.15, 0.2) is 65.6 Å². The van der Waals surface area contributed by atoms with Crippen LogP contribution in [0.4, 0.5) is 4.39 Å². The van der Waals surface area contributed by atoms with Crippen LogP contribution in [-0.2, 0) is 20.0 Å². The first-order chi connectivity index (χ1) is 14.0. The molecular weight excluding hydrogens is 389 g/mol. The van der Waals surface area contributed by atoms with E-state index in [9.17, 15) is 14.0 Å². The molecule has 1 amide bonds. The summed E-state index contributed by atoms with van der Waals surface area (Å²) in [6.45, 7) is 0.391. The molecule has 0 aliphatic heterocycles. The summed E-state index contributed by atoms with van der Waals surface area (Å²) in [6.07, 6.45) is 2.12. The fraction of sp³-hybridized carbons (Fsp3) is 0.136. The van der Waals surface area contributed by atoms with E-state index in [2.05, 4.69) is 10.3 Å². The number of fused-ring (bicyclic) bond motifs is 1. The second kappa shape index (κ2) is 7.97. The van der Waals surface area contributed by atoms with Crippen molar-refractivity contribution >= 4 is 27.6 Å². The molecule has 2 aromatic carbocycles. The number of carbonyl (C=O) groups excluding carboxylic acids is 1. The van der Waals surface area contributed by atoms with Crippen molar-refractivity contribution in [1.82, 2.24) is 14.9 Å². The number of halogens is 1. The quantitative estimate of drug-likeness (QED) is 0.549. The summed E-state index contributed by atoms with van der Waals surface area (Å²) in [4.78, 5) is 30.4. The smallest absolute Gasteiger partial charge is 0.280 e. The van der Waals surface area contributed by atoms with Crippen molar-refractivity contribution in [3.8, 4) is 0 Å². The third-order valence-corrected chi connectivity index (χ3v) is 5.73. The van der Waals surface area contributed by atoms with Gasteiger partial charge >= 0.3 is 0 Å². The van der Waals surface area contributed by atoms with Gasteiger partial charge in [0.2, 0.25) is 5.43 Å². The number of nitrogens with one attached hydrogen (secondary N) is 1. The predicted octanol–water partition coefficient (Wildman–Crippen LogP) is 3.65. The molecule has 0 bridgehead atoms. The lowest BCUT2D eigenvalue weighted by Gasteiger charge is -2.05. The van der Waals surface area contributed by atoms with E-state index in [0.29, 0.717) is 23.4 Å². The van der Waals surface area contributed by atoms with Crippen LogP contribution in [0.5, 0.6) is 0 Å². The van der Waals surface area contributed by atoms with Crippen molar-refractivity contribution in [2.24, 2.45) is 7.05 Å². The van der Waals surface area contributed by atoms with Gasteiger partial charge in [0.1, 0.15) is 16.2 Å². The predicted molar refractivity (Wildman–Crippen MR) is 112 cm³/mol. The van der Waals surface area contributed by atoms with Gasteiger partial charge in [-0.2, -0.15) is 0 Å². The minimum absolute atomic E-state index is 0.208. The van der Waals surface area contributed by atoms with E-state index in [1.54, 1.807) is 22.9 Å². The van der Waals surface area contributed by atoms with Gasteiger partial charge in [-0.3, -0.25) is 9.59 Å². The largest absolute Gasteiger partial charge is 0.346 e. The Labute approximate surface area is 170 Å². The average molecular weight is 407 g/mol. The molecule has 7 heteroatoms. The highest BCUT2D eigenvalue weighted by Crippen LogP contribution is 2.21. The van der Waals surface area contributed by atoms with Crippen molar-refractivity contribution < 1.29 is 9.18 Å². The lowest BCUT2D eigenvalue weighted by atomic mass is 10.1. The molecule has 29 heavy (non-hydrogen) atoms. The molecule has 5 nitrogen and oxygen atoms in total. The van der Waals surface area contributed by atoms with E-state index in [0.717, 1.165) is 11.1 Å². The van der Waals surface area contributed by atoms with Crippen molar-refractivity contribution in [2.45, 2.75) is 13.0 Å². The van der Waals surface area contributed by atoms with Crippen molar-refractivity contribution in [3.05, 3.63) is 98.5 Å². The van der Waals surface area contributed by atoms with Crippen molar-refractivity contribution in [2.75, 3.05) is 0 Å². The molecule has 0 aliphatic carbocycles. The van der Waals surface area contributed by atoms with Gasteiger partial charge in [-0.15, -0.1) is 0 Å². The molecular formula is C22H18FN3O2S. The minimum Gasteiger partial charge on any atom is -0.346 e. The highest BCUT2D eigenvalue weighted by atomic mass is 32.1. The first-order valence-corrected chi connectivity index (χ1v) is 9.88. The Kier molecular flexibility index (Phi) is 5.22. The maximum atomic E-state index is 13.1. The first kappa shape index (κ1) is 19.0. The van der Waals surface area contributed by atoms with E-state index in [1.165, 1.54) is 23.5 Å². The maximum Gasteiger partial charge on any atom is 0.280 e. The topological polar surface area (TPSA) is 64.0 Å². The summed E-state index contributed by atoms with van der Waals surface area (Å²) in [5.41, 5.74) is 2.44. The molecule has 4 aromatic rings. The van der Waals surface area contributed by atoms with Gasteiger partial charge < -0.3 is 9.88 Å². The zero-order chi connectivity index (χ0) is 20.4. The summed E-state index contributed by atoms with van der Waals surface area (Å²) in [7, 11) is 1.82. The molecule has 0 spiro atoms. The second-order valence-corrected chi connectivity index (χ2v) is 7.72. The molecule has 2 heterocycles. The molecule has 0 unspecified atom stereocenters. The van der Waals surface area contributed by atoms with Crippen molar-refractivity contribution in [1.29, 1.82) is 0 Å². The number of hydrogen-bond acceptors (Lipinski definition) is 4. The summed E-state index contributed by atoms with van der Waals surface area (Å²) < 4.78 is 14.9. The molecule has 0 aliphatic rings. The summed E-state index contributed by atoms with van der Waals surface area (Å²) in [5.74, 6) is -0.627. The van der Waals surface area contributed by atoms with E-state index >= 15 is 0 Å². The number of aromatic nitrogens is 2. The van der Waals surface area contributed by atoms with Crippen LogP contribution in [0.3, 0.4) is 0 Å². The molecule has 0 radical (unpaired) electrons. The number of rotatable bonds is 5. The SMILES string of the molecule is Cn1cc(Cc2ccc(F)cc2)c(=O)c2nc(C(=O)NCc3ccccc3)sc21. The van der Waals surface area contributed by atoms with Gasteiger partial charge in [0.25, 0.3) is 5.91 Å². The molecule has 0 saturated heterocycles. The number of amides is 1. The second-order valence-electron chi connectivity index (χ2n) is 6.74. The molecule has 0 saturated carbocycles. The van der Waals surface area contributed by atoms with E-state index in [1.807, 2.05) is 37.4 Å². The average Bonchev–Trinajstić information content (AvgIpc) is 3.19. The Morgan fingerprint density at radius 2 is 1.83 bits per heavy atom. The zero-order valence-electron chi connectivity index (χ0n) is 15.7. The Balaban J connectivity index is 1.60. The molecule has 146 valence electrons. The van der Waals surface area contributed by atoms with Gasteiger partial charge in [-0.05, 0) is 23.3 Å². The number of aryl methyl sites for hydroxylation is 1. The molecule has 0 atom stereocenters. The number of benzene rings is 2. The van der Waals surface area contributed by atoms with Crippen LogP contribution >= 0.6 is 11.3 Å². The molecule has 4 rings (SSSR count). The Morgan fingerprint density at radius 3 is 2.55 bits per heavy atom. The Morgan fingerprint density at radius 1 is 1.10 bits per heavy atom. The summed E-state index contributed by atoms with van der Waals surface area (Å²) in [6, 6.07) is 15.6. The number of nitrogens with zero attached hydrogens (tertiary/aromatic N) is 2. The Hall–Kier alpha value is -3.32. The maximum absolute atomic E-state index is 13.1. The van der Waals surface area contributed by atoms with Crippen LogP contribution in [0.1, 0.15) is 26.5 Å². The van der Waals surface area contributed by atoms with E-state index in [-0.39, 0.29) is 27.7 Å². The number of thiazole rings is 1. The lowest BCUT2D eigenvalue weighted by molar-refractivity contribution is 0.0950. The van der Waals surface area contributed by atoms with Crippen LogP contribution in [-0.4, -0.2) is 15.5 Å². The summed E-state index contributed by atoms with van der Waals surface area (Å²) in [5, 5.41) is 3.09. The summed E-state index contributed by atoms with van der Waals surface area (Å²) >= 11 is 1.19. The minimum atomic E-state index is -0.317. The zero-order valence-corrected chi connectivity index (χ0v) is 16.5. The van der Waals surface area contributed by atoms with Gasteiger partial charge in [0.05, 0.1) is 0 Å². The first-order valence-electron chi connectivity index (χ1n) is 9.07. The van der Waals surface area contributed by atoms with Crippen LogP contribution < -0.4 is 10.7 Å². The van der Waals surface area contributed by atoms with Gasteiger partial charge in [0, 0.05) is 31.8 Å². The third-order valence-electron chi connectivity index (χ3n) is 4.58. The van der Waals surface area contributed by atoms with E-state index in [4.69, 9.17) is 0 Å². The normalized spacial score (nSPS) is 11.0. The lowest BCUT2D eigenvalue weighted by Crippen LogP contribution is -2.22. The van der Waals surface area contributed by atoms with Crippen molar-refractivity contribution in [3.63, 3.8) is 0 Å². The Bertz CT molecular complexity index is 1230. The number of pyridine rings is 1. The highest BCUT2D eigenvalue weighted by Gasteiger charge is 2.17.